The molecule has 3 fully saturated rings. The first-order valence-electron chi connectivity index (χ1n) is 14.9. The van der Waals surface area contributed by atoms with E-state index in [-0.39, 0.29) is 11.5 Å². The number of hydrogen-bond donors (Lipinski definition) is 2. The number of likely N-dealkylation sites (N-methyl/N-ethyl adjacent to an activating group) is 1. The van der Waals surface area contributed by atoms with Crippen LogP contribution in [0.1, 0.15) is 73.3 Å². The SMILES string of the molecule is C[C@H](Oc1nc(-c2cc(C3(C)CCCc4sc(N)c(C#N)c43)sn2)cc(N2C[C@H]3CC[C@@H](C2)N3)n1)[C@@H]1CCCN1C. The van der Waals surface area contributed by atoms with Crippen molar-refractivity contribution in [1.29, 1.82) is 5.26 Å². The molecule has 9 nitrogen and oxygen atoms in total. The number of piperazine rings is 1. The number of aryl methyl sites for hydroxylation is 1. The van der Waals surface area contributed by atoms with E-state index in [1.54, 1.807) is 11.3 Å². The Morgan fingerprint density at radius 2 is 1.98 bits per heavy atom. The molecule has 1 unspecified atom stereocenters. The highest BCUT2D eigenvalue weighted by Crippen LogP contribution is 2.50. The van der Waals surface area contributed by atoms with Crippen LogP contribution < -0.4 is 20.7 Å². The first-order valence-corrected chi connectivity index (χ1v) is 16.5. The average molecular weight is 591 g/mol. The summed E-state index contributed by atoms with van der Waals surface area (Å²) in [6.45, 7) is 7.35. The van der Waals surface area contributed by atoms with Crippen molar-refractivity contribution in [1.82, 2.24) is 24.6 Å². The summed E-state index contributed by atoms with van der Waals surface area (Å²) in [5, 5.41) is 14.3. The van der Waals surface area contributed by atoms with E-state index >= 15 is 0 Å². The quantitative estimate of drug-likeness (QED) is 0.426. The number of nitrogen functional groups attached to an aromatic ring is 1. The second-order valence-corrected chi connectivity index (χ2v) is 14.4. The van der Waals surface area contributed by atoms with Crippen LogP contribution in [0.2, 0.25) is 0 Å². The summed E-state index contributed by atoms with van der Waals surface area (Å²) in [5.74, 6) is 0.911. The molecule has 3 aliphatic heterocycles. The molecule has 0 radical (unpaired) electrons. The molecule has 0 spiro atoms. The number of nitrogens with zero attached hydrogens (tertiary/aromatic N) is 6. The van der Waals surface area contributed by atoms with Gasteiger partial charge in [0.05, 0.1) is 11.3 Å². The Morgan fingerprint density at radius 3 is 2.71 bits per heavy atom. The van der Waals surface area contributed by atoms with Gasteiger partial charge in [-0.15, -0.1) is 11.3 Å². The second-order valence-electron chi connectivity index (χ2n) is 12.5. The molecule has 3 aromatic heterocycles. The van der Waals surface area contributed by atoms with E-state index in [0.717, 1.165) is 73.0 Å². The molecule has 0 amide bonds. The molecule has 4 aliphatic rings. The zero-order valence-electron chi connectivity index (χ0n) is 24.0. The summed E-state index contributed by atoms with van der Waals surface area (Å²) in [6.07, 6.45) is 7.73. The number of aromatic nitrogens is 3. The van der Waals surface area contributed by atoms with Crippen LogP contribution in [-0.4, -0.2) is 70.2 Å². The standard InChI is InChI=1S/C30H38N8OS2/c1-17(23-6-5-11-37(23)3)39-29-34-21(13-26(35-29)38-15-18-8-9-19(16-38)33-18)22-12-25(41-36-22)30(2)10-4-7-24-27(30)20(14-31)28(32)40-24/h12-13,17-19,23,33H,4-11,15-16,32H2,1-3H3/t17-,18-,19+,23-,30?/m0/s1. The summed E-state index contributed by atoms with van der Waals surface area (Å²) in [4.78, 5) is 17.0. The van der Waals surface area contributed by atoms with Crippen LogP contribution in [0.3, 0.4) is 0 Å². The van der Waals surface area contributed by atoms with E-state index in [4.69, 9.17) is 24.8 Å². The van der Waals surface area contributed by atoms with E-state index in [1.165, 1.54) is 35.7 Å². The van der Waals surface area contributed by atoms with E-state index < -0.39 is 0 Å². The summed E-state index contributed by atoms with van der Waals surface area (Å²) in [5.41, 5.74) is 9.35. The minimum atomic E-state index is -0.294. The maximum absolute atomic E-state index is 9.94. The van der Waals surface area contributed by atoms with Crippen molar-refractivity contribution in [2.24, 2.45) is 0 Å². The molecule has 6 heterocycles. The molecule has 5 atom stereocenters. The van der Waals surface area contributed by atoms with Crippen LogP contribution in [-0.2, 0) is 11.8 Å². The van der Waals surface area contributed by atoms with Gasteiger partial charge in [-0.3, -0.25) is 4.90 Å². The third-order valence-electron chi connectivity index (χ3n) is 9.71. The fourth-order valence-corrected chi connectivity index (χ4v) is 9.62. The van der Waals surface area contributed by atoms with Gasteiger partial charge in [0, 0.05) is 52.5 Å². The summed E-state index contributed by atoms with van der Waals surface area (Å²) >= 11 is 3.08. The topological polar surface area (TPSA) is 116 Å². The fourth-order valence-electron chi connectivity index (χ4n) is 7.51. The van der Waals surface area contributed by atoms with Crippen LogP contribution >= 0.6 is 22.9 Å². The van der Waals surface area contributed by atoms with Crippen LogP contribution in [0.4, 0.5) is 10.8 Å². The zero-order chi connectivity index (χ0) is 28.3. The maximum atomic E-state index is 9.94. The van der Waals surface area contributed by atoms with Gasteiger partial charge in [-0.2, -0.15) is 19.6 Å². The Labute approximate surface area is 249 Å². The normalized spacial score (nSPS) is 28.4. The number of fused-ring (bicyclic) bond motifs is 3. The molecule has 0 saturated carbocycles. The van der Waals surface area contributed by atoms with Crippen molar-refractivity contribution >= 4 is 33.7 Å². The molecule has 11 heteroatoms. The van der Waals surface area contributed by atoms with Gasteiger partial charge in [-0.25, -0.2) is 0 Å². The third kappa shape index (κ3) is 4.79. The van der Waals surface area contributed by atoms with E-state index in [1.807, 2.05) is 0 Å². The van der Waals surface area contributed by atoms with Crippen molar-refractivity contribution in [2.75, 3.05) is 37.3 Å². The Hall–Kier alpha value is -2.78. The fraction of sp³-hybridized carbons (Fsp3) is 0.600. The van der Waals surface area contributed by atoms with Crippen LogP contribution in [0.25, 0.3) is 11.4 Å². The lowest BCUT2D eigenvalue weighted by atomic mass is 9.71. The zero-order valence-corrected chi connectivity index (χ0v) is 25.7. The van der Waals surface area contributed by atoms with Gasteiger partial charge in [0.25, 0.3) is 0 Å². The highest BCUT2D eigenvalue weighted by atomic mass is 32.1. The number of ether oxygens (including phenoxy) is 1. The number of thiophene rings is 1. The number of nitrogens with one attached hydrogen (secondary N) is 1. The lowest BCUT2D eigenvalue weighted by Gasteiger charge is -2.34. The lowest BCUT2D eigenvalue weighted by molar-refractivity contribution is 0.112. The molecule has 3 saturated heterocycles. The summed E-state index contributed by atoms with van der Waals surface area (Å²) < 4.78 is 11.4. The van der Waals surface area contributed by atoms with Crippen LogP contribution in [0.15, 0.2) is 12.1 Å². The predicted molar refractivity (Wildman–Crippen MR) is 164 cm³/mol. The number of nitriles is 1. The van der Waals surface area contributed by atoms with Gasteiger partial charge in [-0.1, -0.05) is 6.92 Å². The van der Waals surface area contributed by atoms with Crippen molar-refractivity contribution in [3.05, 3.63) is 33.0 Å². The van der Waals surface area contributed by atoms with Gasteiger partial charge >= 0.3 is 6.01 Å². The molecule has 7 rings (SSSR count). The largest absolute Gasteiger partial charge is 0.459 e. The molecule has 3 aromatic rings. The van der Waals surface area contributed by atoms with Gasteiger partial charge in [0.15, 0.2) is 0 Å². The Morgan fingerprint density at radius 1 is 1.17 bits per heavy atom. The van der Waals surface area contributed by atoms with Crippen LogP contribution in [0.5, 0.6) is 6.01 Å². The molecule has 0 aromatic carbocycles. The molecular weight excluding hydrogens is 553 g/mol. The minimum Gasteiger partial charge on any atom is -0.459 e. The third-order valence-corrected chi connectivity index (χ3v) is 11.8. The van der Waals surface area contributed by atoms with Crippen molar-refractivity contribution in [2.45, 2.75) is 88.4 Å². The van der Waals surface area contributed by atoms with E-state index in [0.29, 0.717) is 34.7 Å². The summed E-state index contributed by atoms with van der Waals surface area (Å²) in [7, 11) is 2.17. The molecule has 41 heavy (non-hydrogen) atoms. The van der Waals surface area contributed by atoms with Gasteiger partial charge in [-0.05, 0) is 88.6 Å². The smallest absolute Gasteiger partial charge is 0.319 e. The molecule has 2 bridgehead atoms. The average Bonchev–Trinajstić information content (AvgIpc) is 3.75. The van der Waals surface area contributed by atoms with Gasteiger partial charge in [0.1, 0.15) is 28.7 Å². The number of likely N-dealkylation sites (tertiary alicyclic amines) is 1. The monoisotopic (exact) mass is 590 g/mol. The highest BCUT2D eigenvalue weighted by molar-refractivity contribution is 7.16. The van der Waals surface area contributed by atoms with Crippen molar-refractivity contribution in [3.63, 3.8) is 0 Å². The molecule has 1 aliphatic carbocycles. The first-order chi connectivity index (χ1) is 19.8. The summed E-state index contributed by atoms with van der Waals surface area (Å²) in [6, 6.07) is 8.43. The van der Waals surface area contributed by atoms with Crippen LogP contribution in [0, 0.1) is 11.3 Å². The number of rotatable bonds is 6. The van der Waals surface area contributed by atoms with Crippen molar-refractivity contribution < 1.29 is 4.74 Å². The lowest BCUT2D eigenvalue weighted by Crippen LogP contribution is -2.51. The van der Waals surface area contributed by atoms with Gasteiger partial charge in [0.2, 0.25) is 0 Å². The Bertz CT molecular complexity index is 1480. The second kappa shape index (κ2) is 10.5. The number of nitrogens with two attached hydrogens (primary N) is 1. The molecule has 3 N–H and O–H groups in total. The maximum Gasteiger partial charge on any atom is 0.319 e. The predicted octanol–water partition coefficient (Wildman–Crippen LogP) is 4.56. The Balaban J connectivity index is 1.25. The molecular formula is C30H38N8OS2. The molecule has 216 valence electrons. The number of hydrogen-bond acceptors (Lipinski definition) is 11. The Kier molecular flexibility index (Phi) is 6.93. The van der Waals surface area contributed by atoms with E-state index in [9.17, 15) is 5.26 Å². The number of anilines is 2. The van der Waals surface area contributed by atoms with Crippen molar-refractivity contribution in [3.8, 4) is 23.5 Å². The van der Waals surface area contributed by atoms with Gasteiger partial charge < -0.3 is 20.7 Å². The van der Waals surface area contributed by atoms with E-state index in [2.05, 4.69) is 54.2 Å². The highest BCUT2D eigenvalue weighted by Gasteiger charge is 2.40. The first kappa shape index (κ1) is 27.1. The minimum absolute atomic E-state index is 0.0104.